The van der Waals surface area contributed by atoms with Crippen LogP contribution in [0.3, 0.4) is 0 Å². The van der Waals surface area contributed by atoms with Crippen molar-refractivity contribution in [1.29, 1.82) is 0 Å². The van der Waals surface area contributed by atoms with Crippen LogP contribution in [0.15, 0.2) is 59.7 Å². The quantitative estimate of drug-likeness (QED) is 0.797. The topological polar surface area (TPSA) is 89.5 Å². The highest BCUT2D eigenvalue weighted by Gasteiger charge is 2.20. The lowest BCUT2D eigenvalue weighted by Gasteiger charge is -2.14. The summed E-state index contributed by atoms with van der Waals surface area (Å²) in [5.41, 5.74) is 4.47. The summed E-state index contributed by atoms with van der Waals surface area (Å²) in [6.07, 6.45) is 2.01. The highest BCUT2D eigenvalue weighted by Crippen LogP contribution is 2.26. The number of aromatic nitrogens is 1. The van der Waals surface area contributed by atoms with Crippen LogP contribution >= 0.6 is 0 Å². The predicted molar refractivity (Wildman–Crippen MR) is 99.0 cm³/mol. The molecule has 0 fully saturated rings. The van der Waals surface area contributed by atoms with Gasteiger partial charge in [-0.25, -0.2) is 9.78 Å². The van der Waals surface area contributed by atoms with E-state index < -0.39 is 11.9 Å². The van der Waals surface area contributed by atoms with E-state index in [9.17, 15) is 9.59 Å². The summed E-state index contributed by atoms with van der Waals surface area (Å²) < 4.78 is 10.6. The summed E-state index contributed by atoms with van der Waals surface area (Å²) in [4.78, 5) is 27.9. The number of urea groups is 1. The van der Waals surface area contributed by atoms with Crippen LogP contribution in [-0.4, -0.2) is 24.0 Å². The molecule has 3 rings (SSSR count). The van der Waals surface area contributed by atoms with Crippen molar-refractivity contribution in [3.8, 4) is 11.6 Å². The summed E-state index contributed by atoms with van der Waals surface area (Å²) in [5.74, 6) is 1.21. The van der Waals surface area contributed by atoms with Crippen molar-refractivity contribution >= 4 is 17.6 Å². The molecule has 7 heteroatoms. The van der Waals surface area contributed by atoms with Gasteiger partial charge < -0.3 is 14.8 Å². The largest absolute Gasteiger partial charge is 0.493 e. The average Bonchev–Trinajstić information content (AvgIpc) is 2.57. The molecule has 2 aromatic rings. The molecule has 0 bridgehead atoms. The Morgan fingerprint density at radius 1 is 1.27 bits per heavy atom. The Bertz CT molecular complexity index is 926. The SMILES string of the molecule is COC1=C=C(C(=O)NC(=O)Nc2ccc(Oc3ccccn3)c(C)c2)C1.[HH].[HH]. The smallest absolute Gasteiger partial charge is 0.326 e. The Hall–Kier alpha value is -3.57. The minimum Gasteiger partial charge on any atom is -0.493 e. The molecule has 136 valence electrons. The minimum absolute atomic E-state index is 0. The van der Waals surface area contributed by atoms with Gasteiger partial charge in [-0.1, -0.05) is 11.8 Å². The second-order valence-corrected chi connectivity index (χ2v) is 5.57. The molecule has 7 nitrogen and oxygen atoms in total. The van der Waals surface area contributed by atoms with Gasteiger partial charge in [-0.2, -0.15) is 0 Å². The van der Waals surface area contributed by atoms with E-state index in [-0.39, 0.29) is 2.85 Å². The second kappa shape index (κ2) is 7.55. The van der Waals surface area contributed by atoms with Crippen molar-refractivity contribution in [2.45, 2.75) is 13.3 Å². The Kier molecular flexibility index (Phi) is 5.01. The van der Waals surface area contributed by atoms with E-state index in [2.05, 4.69) is 21.3 Å². The van der Waals surface area contributed by atoms with Crippen molar-refractivity contribution in [2.75, 3.05) is 12.4 Å². The Morgan fingerprint density at radius 3 is 2.73 bits per heavy atom. The molecule has 2 N–H and O–H groups in total. The van der Waals surface area contributed by atoms with Crippen LogP contribution in [0.4, 0.5) is 10.5 Å². The lowest BCUT2D eigenvalue weighted by atomic mass is 10.0. The Balaban J connectivity index is 0.00000196. The van der Waals surface area contributed by atoms with Crippen LogP contribution in [0.5, 0.6) is 11.6 Å². The van der Waals surface area contributed by atoms with Gasteiger partial charge in [-0.05, 0) is 36.8 Å². The van der Waals surface area contributed by atoms with Crippen molar-refractivity contribution in [3.05, 3.63) is 65.2 Å². The monoisotopic (exact) mass is 355 g/mol. The number of hydrogen-bond acceptors (Lipinski definition) is 5. The van der Waals surface area contributed by atoms with Crippen LogP contribution in [0.25, 0.3) is 0 Å². The zero-order chi connectivity index (χ0) is 18.5. The lowest BCUT2D eigenvalue weighted by Crippen LogP contribution is -2.36. The van der Waals surface area contributed by atoms with Crippen molar-refractivity contribution in [2.24, 2.45) is 0 Å². The van der Waals surface area contributed by atoms with Crippen LogP contribution in [0.2, 0.25) is 0 Å². The van der Waals surface area contributed by atoms with Crippen molar-refractivity contribution in [1.82, 2.24) is 10.3 Å². The van der Waals surface area contributed by atoms with Crippen LogP contribution in [0.1, 0.15) is 14.8 Å². The molecule has 1 aliphatic rings. The molecule has 1 aromatic carbocycles. The summed E-state index contributed by atoms with van der Waals surface area (Å²) in [6, 6.07) is 9.92. The van der Waals surface area contributed by atoms with Gasteiger partial charge in [0.15, 0.2) is 0 Å². The number of methoxy groups -OCH3 is 1. The van der Waals surface area contributed by atoms with E-state index in [1.165, 1.54) is 7.11 Å². The molecule has 0 radical (unpaired) electrons. The summed E-state index contributed by atoms with van der Waals surface area (Å²) in [6.45, 7) is 1.85. The lowest BCUT2D eigenvalue weighted by molar-refractivity contribution is -0.116. The second-order valence-electron chi connectivity index (χ2n) is 5.57. The number of anilines is 1. The first-order chi connectivity index (χ1) is 12.5. The number of imide groups is 1. The van der Waals surface area contributed by atoms with E-state index >= 15 is 0 Å². The van der Waals surface area contributed by atoms with Gasteiger partial charge in [-0.3, -0.25) is 10.1 Å². The van der Waals surface area contributed by atoms with Gasteiger partial charge in [0, 0.05) is 20.8 Å². The molecule has 1 heterocycles. The number of aryl methyl sites for hydroxylation is 1. The van der Waals surface area contributed by atoms with Gasteiger partial charge >= 0.3 is 6.03 Å². The van der Waals surface area contributed by atoms with Crippen molar-refractivity contribution < 1.29 is 21.9 Å². The molecule has 1 aromatic heterocycles. The van der Waals surface area contributed by atoms with E-state index in [0.29, 0.717) is 35.1 Å². The molecule has 26 heavy (non-hydrogen) atoms. The fourth-order valence-electron chi connectivity index (χ4n) is 2.27. The number of rotatable bonds is 5. The molecule has 0 spiro atoms. The third-order valence-electron chi connectivity index (χ3n) is 3.66. The molecule has 3 amide bonds. The van der Waals surface area contributed by atoms with E-state index in [1.807, 2.05) is 13.0 Å². The summed E-state index contributed by atoms with van der Waals surface area (Å²) in [7, 11) is 1.51. The fourth-order valence-corrected chi connectivity index (χ4v) is 2.27. The van der Waals surface area contributed by atoms with Gasteiger partial charge in [0.1, 0.15) is 11.5 Å². The zero-order valence-electron chi connectivity index (χ0n) is 14.3. The molecule has 0 atom stereocenters. The number of carbonyl (C=O) groups excluding carboxylic acids is 2. The predicted octanol–water partition coefficient (Wildman–Crippen LogP) is 3.78. The van der Waals surface area contributed by atoms with E-state index in [1.54, 1.807) is 36.5 Å². The first-order valence-electron chi connectivity index (χ1n) is 7.89. The summed E-state index contributed by atoms with van der Waals surface area (Å²) in [5, 5.41) is 4.86. The van der Waals surface area contributed by atoms with E-state index in [4.69, 9.17) is 9.47 Å². The van der Waals surface area contributed by atoms with Gasteiger partial charge in [0.2, 0.25) is 5.88 Å². The van der Waals surface area contributed by atoms with Crippen LogP contribution in [-0.2, 0) is 9.53 Å². The normalized spacial score (nSPS) is 12.2. The number of ether oxygens (including phenoxy) is 2. The number of nitrogens with one attached hydrogen (secondary N) is 2. The first-order valence-corrected chi connectivity index (χ1v) is 7.89. The number of pyridine rings is 1. The number of hydrogen-bond donors (Lipinski definition) is 2. The van der Waals surface area contributed by atoms with Gasteiger partial charge in [-0.15, -0.1) is 0 Å². The van der Waals surface area contributed by atoms with Crippen molar-refractivity contribution in [3.63, 3.8) is 0 Å². The maximum atomic E-state index is 11.9. The summed E-state index contributed by atoms with van der Waals surface area (Å²) >= 11 is 0. The number of carbonyl (C=O) groups is 2. The van der Waals surface area contributed by atoms with Crippen LogP contribution in [0, 0.1) is 6.92 Å². The van der Waals surface area contributed by atoms with Crippen LogP contribution < -0.4 is 15.4 Å². The van der Waals surface area contributed by atoms with Gasteiger partial charge in [0.25, 0.3) is 5.91 Å². The molecule has 0 aliphatic heterocycles. The van der Waals surface area contributed by atoms with E-state index in [0.717, 1.165) is 5.56 Å². The molecule has 0 saturated heterocycles. The molecular weight excluding hydrogens is 334 g/mol. The number of benzene rings is 1. The minimum atomic E-state index is -0.618. The zero-order valence-corrected chi connectivity index (χ0v) is 14.3. The highest BCUT2D eigenvalue weighted by atomic mass is 16.5. The number of amides is 3. The maximum absolute atomic E-state index is 11.9. The molecule has 0 unspecified atom stereocenters. The fraction of sp³-hybridized carbons (Fsp3) is 0.158. The first kappa shape index (κ1) is 17.3. The third-order valence-corrected chi connectivity index (χ3v) is 3.66. The Labute approximate surface area is 153 Å². The molecular formula is C19H21N3O4. The molecule has 0 saturated carbocycles. The third kappa shape index (κ3) is 4.09. The highest BCUT2D eigenvalue weighted by molar-refractivity contribution is 6.08. The standard InChI is InChI=1S/C19H17N3O4.2H2/c1-12-9-14(6-7-16(12)26-17-5-3-4-8-20-17)21-19(24)22-18(23)13-10-15(11-13)25-2;;/h3-9H,10H2,1-2H3,(H2,21,22,23,24);2*1H. The molecule has 1 aliphatic carbocycles. The van der Waals surface area contributed by atoms with Gasteiger partial charge in [0.05, 0.1) is 19.1 Å². The number of nitrogens with zero attached hydrogens (tertiary/aromatic N) is 1. The Morgan fingerprint density at radius 2 is 2.08 bits per heavy atom. The average molecular weight is 355 g/mol. The maximum Gasteiger partial charge on any atom is 0.326 e.